The van der Waals surface area contributed by atoms with Crippen molar-refractivity contribution in [2.45, 2.75) is 38.8 Å². The molecule has 2 rings (SSSR count). The predicted octanol–water partition coefficient (Wildman–Crippen LogP) is 0.963. The smallest absolute Gasteiger partial charge is 0.326 e. The number of para-hydroxylation sites is 2. The summed E-state index contributed by atoms with van der Waals surface area (Å²) in [7, 11) is 0. The van der Waals surface area contributed by atoms with Crippen molar-refractivity contribution < 1.29 is 4.79 Å². The number of nitrogens with one attached hydrogen (secondary N) is 2. The number of H-pyrrole nitrogens is 1. The molecule has 21 heavy (non-hydrogen) atoms. The number of amides is 1. The zero-order valence-corrected chi connectivity index (χ0v) is 12.5. The molecule has 0 aliphatic carbocycles. The van der Waals surface area contributed by atoms with Crippen LogP contribution < -0.4 is 16.7 Å². The minimum atomic E-state index is -0.388. The van der Waals surface area contributed by atoms with Gasteiger partial charge >= 0.3 is 5.69 Å². The number of hydrogen-bond acceptors (Lipinski definition) is 3. The van der Waals surface area contributed by atoms with Crippen LogP contribution in [0.5, 0.6) is 0 Å². The number of carbonyl (C=O) groups is 1. The van der Waals surface area contributed by atoms with Gasteiger partial charge in [0.05, 0.1) is 11.0 Å². The summed E-state index contributed by atoms with van der Waals surface area (Å²) in [5.74, 6) is -0.210. The molecule has 4 N–H and O–H groups in total. The Kier molecular flexibility index (Phi) is 4.47. The average molecular weight is 290 g/mol. The standard InChI is InChI=1S/C15H22N4O2/c1-3-15(16,4-2)10-17-13(20)9-19-12-8-6-5-7-11(12)18-14(19)21/h5-8H,3-4,9-10,16H2,1-2H3,(H,17,20)(H,18,21). The molecule has 0 spiro atoms. The molecule has 6 heteroatoms. The van der Waals surface area contributed by atoms with Crippen LogP contribution in [0.1, 0.15) is 26.7 Å². The van der Waals surface area contributed by atoms with Gasteiger partial charge in [0.15, 0.2) is 0 Å². The van der Waals surface area contributed by atoms with Crippen LogP contribution in [0, 0.1) is 0 Å². The van der Waals surface area contributed by atoms with Crippen LogP contribution in [-0.4, -0.2) is 27.5 Å². The topological polar surface area (TPSA) is 92.9 Å². The Labute approximate surface area is 123 Å². The Hall–Kier alpha value is -2.08. The third-order valence-corrected chi connectivity index (χ3v) is 4.03. The van der Waals surface area contributed by atoms with Gasteiger partial charge in [-0.05, 0) is 25.0 Å². The summed E-state index contributed by atoms with van der Waals surface area (Å²) in [6, 6.07) is 7.30. The number of aromatic amines is 1. The Morgan fingerprint density at radius 3 is 2.67 bits per heavy atom. The van der Waals surface area contributed by atoms with E-state index in [1.165, 1.54) is 4.57 Å². The molecule has 2 aromatic rings. The van der Waals surface area contributed by atoms with Gasteiger partial charge in [-0.3, -0.25) is 9.36 Å². The number of fused-ring (bicyclic) bond motifs is 1. The Morgan fingerprint density at radius 1 is 1.33 bits per heavy atom. The molecule has 1 heterocycles. The average Bonchev–Trinajstić information content (AvgIpc) is 2.81. The van der Waals surface area contributed by atoms with Crippen molar-refractivity contribution in [2.75, 3.05) is 6.54 Å². The Balaban J connectivity index is 2.09. The van der Waals surface area contributed by atoms with Gasteiger partial charge in [-0.2, -0.15) is 0 Å². The molecule has 0 saturated heterocycles. The van der Waals surface area contributed by atoms with Gasteiger partial charge in [-0.25, -0.2) is 4.79 Å². The second kappa shape index (κ2) is 6.13. The maximum absolute atomic E-state index is 12.0. The lowest BCUT2D eigenvalue weighted by Gasteiger charge is -2.26. The lowest BCUT2D eigenvalue weighted by Crippen LogP contribution is -2.50. The number of imidazole rings is 1. The van der Waals surface area contributed by atoms with E-state index >= 15 is 0 Å². The maximum Gasteiger partial charge on any atom is 0.326 e. The van der Waals surface area contributed by atoms with E-state index in [0.717, 1.165) is 23.9 Å². The third-order valence-electron chi connectivity index (χ3n) is 4.03. The first-order chi connectivity index (χ1) is 9.99. The van der Waals surface area contributed by atoms with Crippen molar-refractivity contribution in [1.29, 1.82) is 0 Å². The first-order valence-corrected chi connectivity index (χ1v) is 7.22. The molecule has 0 radical (unpaired) electrons. The summed E-state index contributed by atoms with van der Waals surface area (Å²) in [5.41, 5.74) is 6.93. The summed E-state index contributed by atoms with van der Waals surface area (Å²) < 4.78 is 1.43. The predicted molar refractivity (Wildman–Crippen MR) is 83.1 cm³/mol. The highest BCUT2D eigenvalue weighted by molar-refractivity contribution is 5.80. The number of aromatic nitrogens is 2. The van der Waals surface area contributed by atoms with Crippen molar-refractivity contribution in [3.05, 3.63) is 34.7 Å². The zero-order chi connectivity index (χ0) is 15.5. The zero-order valence-electron chi connectivity index (χ0n) is 12.5. The number of rotatable bonds is 6. The fraction of sp³-hybridized carbons (Fsp3) is 0.467. The molecule has 1 aromatic carbocycles. The molecule has 0 aliphatic rings. The van der Waals surface area contributed by atoms with E-state index < -0.39 is 0 Å². The van der Waals surface area contributed by atoms with Crippen LogP contribution in [-0.2, 0) is 11.3 Å². The fourth-order valence-electron chi connectivity index (χ4n) is 2.24. The molecule has 0 bridgehead atoms. The monoisotopic (exact) mass is 290 g/mol. The van der Waals surface area contributed by atoms with E-state index in [0.29, 0.717) is 6.54 Å². The van der Waals surface area contributed by atoms with Gasteiger partial charge < -0.3 is 16.0 Å². The molecule has 0 atom stereocenters. The highest BCUT2D eigenvalue weighted by Crippen LogP contribution is 2.10. The quantitative estimate of drug-likeness (QED) is 0.740. The molecule has 0 fully saturated rings. The molecule has 0 saturated carbocycles. The first-order valence-electron chi connectivity index (χ1n) is 7.22. The second-order valence-corrected chi connectivity index (χ2v) is 5.38. The number of carbonyl (C=O) groups excluding carboxylic acids is 1. The summed E-state index contributed by atoms with van der Waals surface area (Å²) in [4.78, 5) is 26.7. The van der Waals surface area contributed by atoms with Crippen LogP contribution in [0.3, 0.4) is 0 Å². The molecule has 6 nitrogen and oxygen atoms in total. The molecule has 1 aromatic heterocycles. The van der Waals surface area contributed by atoms with Gasteiger partial charge in [0.25, 0.3) is 0 Å². The first kappa shape index (κ1) is 15.3. The van der Waals surface area contributed by atoms with Crippen LogP contribution in [0.4, 0.5) is 0 Å². The normalized spacial score (nSPS) is 11.8. The van der Waals surface area contributed by atoms with Crippen LogP contribution in [0.25, 0.3) is 11.0 Å². The summed E-state index contributed by atoms with van der Waals surface area (Å²) >= 11 is 0. The van der Waals surface area contributed by atoms with Crippen LogP contribution >= 0.6 is 0 Å². The lowest BCUT2D eigenvalue weighted by molar-refractivity contribution is -0.121. The minimum absolute atomic E-state index is 0.00758. The number of hydrogen-bond donors (Lipinski definition) is 3. The highest BCUT2D eigenvalue weighted by Gasteiger charge is 2.21. The van der Waals surface area contributed by atoms with E-state index in [-0.39, 0.29) is 23.7 Å². The van der Waals surface area contributed by atoms with E-state index in [1.807, 2.05) is 38.1 Å². The number of benzene rings is 1. The molecule has 1 amide bonds. The van der Waals surface area contributed by atoms with Gasteiger partial charge in [0, 0.05) is 12.1 Å². The highest BCUT2D eigenvalue weighted by atomic mass is 16.2. The molecule has 114 valence electrons. The molecule has 0 unspecified atom stereocenters. The SMILES string of the molecule is CCC(N)(CC)CNC(=O)Cn1c(=O)[nH]c2ccccc21. The largest absolute Gasteiger partial charge is 0.353 e. The second-order valence-electron chi connectivity index (χ2n) is 5.38. The van der Waals surface area contributed by atoms with Crippen molar-refractivity contribution in [2.24, 2.45) is 5.73 Å². The van der Waals surface area contributed by atoms with Gasteiger partial charge in [-0.1, -0.05) is 26.0 Å². The van der Waals surface area contributed by atoms with Crippen LogP contribution in [0.2, 0.25) is 0 Å². The number of nitrogens with zero attached hydrogens (tertiary/aromatic N) is 1. The minimum Gasteiger partial charge on any atom is -0.353 e. The van der Waals surface area contributed by atoms with E-state index in [9.17, 15) is 9.59 Å². The Morgan fingerprint density at radius 2 is 2.00 bits per heavy atom. The van der Waals surface area contributed by atoms with Crippen molar-refractivity contribution >= 4 is 16.9 Å². The van der Waals surface area contributed by atoms with Gasteiger partial charge in [-0.15, -0.1) is 0 Å². The van der Waals surface area contributed by atoms with Gasteiger partial charge in [0.2, 0.25) is 5.91 Å². The third kappa shape index (κ3) is 3.33. The summed E-state index contributed by atoms with van der Waals surface area (Å²) in [5, 5.41) is 2.82. The summed E-state index contributed by atoms with van der Waals surface area (Å²) in [6.07, 6.45) is 1.58. The molecule has 0 aliphatic heterocycles. The Bertz CT molecular complexity index is 682. The number of nitrogens with two attached hydrogens (primary N) is 1. The van der Waals surface area contributed by atoms with Gasteiger partial charge in [0.1, 0.15) is 6.54 Å². The van der Waals surface area contributed by atoms with Crippen molar-refractivity contribution in [3.63, 3.8) is 0 Å². The van der Waals surface area contributed by atoms with E-state index in [4.69, 9.17) is 5.73 Å². The van der Waals surface area contributed by atoms with Crippen molar-refractivity contribution in [1.82, 2.24) is 14.9 Å². The van der Waals surface area contributed by atoms with E-state index in [1.54, 1.807) is 0 Å². The summed E-state index contributed by atoms with van der Waals surface area (Å²) in [6.45, 7) is 4.40. The molecular formula is C15H22N4O2. The van der Waals surface area contributed by atoms with E-state index in [2.05, 4.69) is 10.3 Å². The lowest BCUT2D eigenvalue weighted by atomic mass is 9.94. The van der Waals surface area contributed by atoms with Crippen LogP contribution in [0.15, 0.2) is 29.1 Å². The fourth-order valence-corrected chi connectivity index (χ4v) is 2.24. The maximum atomic E-state index is 12.0. The van der Waals surface area contributed by atoms with Crippen molar-refractivity contribution in [3.8, 4) is 0 Å². The molecular weight excluding hydrogens is 268 g/mol.